The molecule has 0 aliphatic heterocycles. The van der Waals surface area contributed by atoms with Crippen LogP contribution in [0.25, 0.3) is 11.1 Å². The Labute approximate surface area is 207 Å². The highest BCUT2D eigenvalue weighted by Gasteiger charge is 2.49. The van der Waals surface area contributed by atoms with Gasteiger partial charge in [-0.3, -0.25) is 0 Å². The highest BCUT2D eigenvalue weighted by Crippen LogP contribution is 2.51. The third kappa shape index (κ3) is 5.84. The molecule has 2 fully saturated rings. The molecule has 0 radical (unpaired) electrons. The van der Waals surface area contributed by atoms with Crippen LogP contribution < -0.4 is 0 Å². The molecule has 4 rings (SSSR count). The Morgan fingerprint density at radius 2 is 1.63 bits per heavy atom. The van der Waals surface area contributed by atoms with E-state index in [9.17, 15) is 8.78 Å². The highest BCUT2D eigenvalue weighted by atomic mass is 19.3. The zero-order valence-electron chi connectivity index (χ0n) is 20.8. The minimum absolute atomic E-state index is 0.123. The maximum atomic E-state index is 15.3. The molecule has 190 valence electrons. The van der Waals surface area contributed by atoms with E-state index in [1.165, 1.54) is 0 Å². The Morgan fingerprint density at radius 3 is 2.26 bits per heavy atom. The Morgan fingerprint density at radius 1 is 0.914 bits per heavy atom. The molecule has 2 aliphatic rings. The van der Waals surface area contributed by atoms with Crippen molar-refractivity contribution < 1.29 is 17.6 Å². The lowest BCUT2D eigenvalue weighted by Gasteiger charge is -2.42. The quantitative estimate of drug-likeness (QED) is 0.257. The molecule has 0 nitrogen and oxygen atoms in total. The van der Waals surface area contributed by atoms with Gasteiger partial charge < -0.3 is 0 Å². The van der Waals surface area contributed by atoms with E-state index in [0.29, 0.717) is 29.9 Å². The topological polar surface area (TPSA) is 0 Å². The number of allylic oxidation sites excluding steroid dienone is 1. The number of alkyl halides is 2. The maximum Gasteiger partial charge on any atom is 0.251 e. The Bertz CT molecular complexity index is 986. The molecule has 4 heteroatoms. The fourth-order valence-electron chi connectivity index (χ4n) is 6.48. The van der Waals surface area contributed by atoms with Gasteiger partial charge in [0.1, 0.15) is 0 Å². The first kappa shape index (κ1) is 26.0. The highest BCUT2D eigenvalue weighted by molar-refractivity contribution is 5.65. The monoisotopic (exact) mass is 486 g/mol. The summed E-state index contributed by atoms with van der Waals surface area (Å²) in [7, 11) is 0. The maximum absolute atomic E-state index is 15.3. The normalized spacial score (nSPS) is 26.4. The third-order valence-corrected chi connectivity index (χ3v) is 8.50. The lowest BCUT2D eigenvalue weighted by atomic mass is 9.66. The molecule has 35 heavy (non-hydrogen) atoms. The van der Waals surface area contributed by atoms with E-state index in [1.807, 2.05) is 25.1 Å². The molecule has 0 bridgehead atoms. The van der Waals surface area contributed by atoms with Crippen molar-refractivity contribution in [3.8, 4) is 11.1 Å². The van der Waals surface area contributed by atoms with Gasteiger partial charge in [0.25, 0.3) is 5.92 Å². The van der Waals surface area contributed by atoms with Gasteiger partial charge >= 0.3 is 0 Å². The lowest BCUT2D eigenvalue weighted by Crippen LogP contribution is -2.40. The molecule has 0 aromatic heterocycles. The Balaban J connectivity index is 1.40. The minimum Gasteiger partial charge on any atom is -0.207 e. The SMILES string of the molecule is C=CCCC1CCC(C2CCC(c3ccc(-c4ccc(CCC)c(F)c4F)cc3)CC2(F)F)CC1. The van der Waals surface area contributed by atoms with E-state index in [4.69, 9.17) is 0 Å². The average molecular weight is 487 g/mol. The summed E-state index contributed by atoms with van der Waals surface area (Å²) in [6.45, 7) is 5.72. The molecule has 2 aliphatic carbocycles. The van der Waals surface area contributed by atoms with Gasteiger partial charge in [-0.1, -0.05) is 68.7 Å². The summed E-state index contributed by atoms with van der Waals surface area (Å²) < 4.78 is 59.7. The van der Waals surface area contributed by atoms with Crippen molar-refractivity contribution in [3.63, 3.8) is 0 Å². The average Bonchev–Trinajstić information content (AvgIpc) is 2.86. The Hall–Kier alpha value is -2.10. The van der Waals surface area contributed by atoms with Gasteiger partial charge in [-0.15, -0.1) is 6.58 Å². The molecular formula is C31H38F4. The number of hydrogen-bond donors (Lipinski definition) is 0. The van der Waals surface area contributed by atoms with E-state index in [-0.39, 0.29) is 23.8 Å². The summed E-state index contributed by atoms with van der Waals surface area (Å²) >= 11 is 0. The van der Waals surface area contributed by atoms with Crippen molar-refractivity contribution >= 4 is 0 Å². The molecule has 0 heterocycles. The van der Waals surface area contributed by atoms with Gasteiger partial charge in [0.05, 0.1) is 0 Å². The molecule has 0 N–H and O–H groups in total. The molecule has 0 amide bonds. The molecule has 2 saturated carbocycles. The van der Waals surface area contributed by atoms with Crippen LogP contribution in [0, 0.1) is 29.4 Å². The second-order valence-electron chi connectivity index (χ2n) is 10.8. The Kier molecular flexibility index (Phi) is 8.39. The molecule has 2 aromatic rings. The second kappa shape index (κ2) is 11.3. The van der Waals surface area contributed by atoms with Crippen molar-refractivity contribution in [1.29, 1.82) is 0 Å². The smallest absolute Gasteiger partial charge is 0.207 e. The summed E-state index contributed by atoms with van der Waals surface area (Å²) in [5, 5.41) is 0. The van der Waals surface area contributed by atoms with Crippen LogP contribution in [-0.4, -0.2) is 5.92 Å². The van der Waals surface area contributed by atoms with Crippen LogP contribution in [0.1, 0.15) is 88.2 Å². The van der Waals surface area contributed by atoms with Crippen LogP contribution in [0.4, 0.5) is 17.6 Å². The van der Waals surface area contributed by atoms with Gasteiger partial charge in [0.2, 0.25) is 0 Å². The predicted octanol–water partition coefficient (Wildman–Crippen LogP) is 9.88. The van der Waals surface area contributed by atoms with E-state index in [0.717, 1.165) is 56.9 Å². The molecule has 2 unspecified atom stereocenters. The summed E-state index contributed by atoms with van der Waals surface area (Å²) in [6.07, 6.45) is 10.5. The van der Waals surface area contributed by atoms with Crippen molar-refractivity contribution in [1.82, 2.24) is 0 Å². The van der Waals surface area contributed by atoms with E-state index >= 15 is 8.78 Å². The molecule has 0 spiro atoms. The second-order valence-corrected chi connectivity index (χ2v) is 10.8. The van der Waals surface area contributed by atoms with E-state index < -0.39 is 23.5 Å². The van der Waals surface area contributed by atoms with Gasteiger partial charge in [0.15, 0.2) is 11.6 Å². The largest absolute Gasteiger partial charge is 0.251 e. The van der Waals surface area contributed by atoms with Crippen LogP contribution in [0.5, 0.6) is 0 Å². The van der Waals surface area contributed by atoms with Crippen LogP contribution in [-0.2, 0) is 6.42 Å². The zero-order valence-corrected chi connectivity index (χ0v) is 20.8. The zero-order chi connectivity index (χ0) is 25.0. The summed E-state index contributed by atoms with van der Waals surface area (Å²) in [4.78, 5) is 0. The summed E-state index contributed by atoms with van der Waals surface area (Å²) in [5.41, 5.74) is 2.03. The van der Waals surface area contributed by atoms with Gasteiger partial charge in [-0.25, -0.2) is 17.6 Å². The molecule has 2 aromatic carbocycles. The summed E-state index contributed by atoms with van der Waals surface area (Å²) in [5.74, 6) is -4.22. The van der Waals surface area contributed by atoms with Crippen LogP contribution in [0.3, 0.4) is 0 Å². The van der Waals surface area contributed by atoms with Crippen LogP contribution in [0.2, 0.25) is 0 Å². The first-order valence-electron chi connectivity index (χ1n) is 13.4. The first-order valence-corrected chi connectivity index (χ1v) is 13.4. The molecular weight excluding hydrogens is 448 g/mol. The van der Waals surface area contributed by atoms with Crippen molar-refractivity contribution in [2.75, 3.05) is 0 Å². The number of hydrogen-bond acceptors (Lipinski definition) is 0. The fourth-order valence-corrected chi connectivity index (χ4v) is 6.48. The van der Waals surface area contributed by atoms with E-state index in [1.54, 1.807) is 24.3 Å². The fraction of sp³-hybridized carbons (Fsp3) is 0.548. The third-order valence-electron chi connectivity index (χ3n) is 8.50. The minimum atomic E-state index is -2.66. The first-order chi connectivity index (χ1) is 16.8. The number of aryl methyl sites for hydroxylation is 1. The van der Waals surface area contributed by atoms with Crippen LogP contribution in [0.15, 0.2) is 49.1 Å². The standard InChI is InChI=1S/C31H38F4/c1-3-5-7-21-8-10-24(11-9-21)28-19-17-26(20-31(28,34)35)22-12-14-23(15-13-22)27-18-16-25(6-4-2)29(32)30(27)33/h3,12-16,18,21,24,26,28H,1,4-11,17,19-20H2,2H3. The number of benzene rings is 2. The van der Waals surface area contributed by atoms with Gasteiger partial charge in [-0.05, 0) is 79.4 Å². The van der Waals surface area contributed by atoms with Gasteiger partial charge in [0, 0.05) is 17.9 Å². The van der Waals surface area contributed by atoms with Gasteiger partial charge in [-0.2, -0.15) is 0 Å². The predicted molar refractivity (Wildman–Crippen MR) is 136 cm³/mol. The number of halogens is 4. The molecule has 0 saturated heterocycles. The number of rotatable bonds is 8. The summed E-state index contributed by atoms with van der Waals surface area (Å²) in [6, 6.07) is 10.4. The van der Waals surface area contributed by atoms with Crippen molar-refractivity contribution in [3.05, 3.63) is 71.8 Å². The van der Waals surface area contributed by atoms with Crippen molar-refractivity contribution in [2.24, 2.45) is 17.8 Å². The lowest BCUT2D eigenvalue weighted by molar-refractivity contribution is -0.118. The van der Waals surface area contributed by atoms with E-state index in [2.05, 4.69) is 6.58 Å². The molecule has 2 atom stereocenters. The van der Waals surface area contributed by atoms with Crippen LogP contribution >= 0.6 is 0 Å². The van der Waals surface area contributed by atoms with Crippen molar-refractivity contribution in [2.45, 2.75) is 89.4 Å².